The molecule has 0 spiro atoms. The number of carbonyl (C=O) groups excluding carboxylic acids is 1. The van der Waals surface area contributed by atoms with Crippen LogP contribution in [-0.2, 0) is 9.53 Å². The summed E-state index contributed by atoms with van der Waals surface area (Å²) in [5, 5.41) is 0.856. The van der Waals surface area contributed by atoms with Crippen molar-refractivity contribution in [2.45, 2.75) is 20.8 Å². The Hall–Kier alpha value is -2.30. The Bertz CT molecular complexity index is 727. The Kier molecular flexibility index (Phi) is 4.02. The molecular formula is C16H18O5. The number of hydrogen-bond acceptors (Lipinski definition) is 5. The van der Waals surface area contributed by atoms with Gasteiger partial charge in [-0.05, 0) is 38.5 Å². The lowest BCUT2D eigenvalue weighted by Crippen LogP contribution is -2.32. The van der Waals surface area contributed by atoms with E-state index in [1.54, 1.807) is 26.0 Å². The van der Waals surface area contributed by atoms with Crippen molar-refractivity contribution < 1.29 is 18.7 Å². The molecule has 0 aliphatic heterocycles. The lowest BCUT2D eigenvalue weighted by atomic mass is 9.95. The van der Waals surface area contributed by atoms with Crippen LogP contribution in [0, 0.1) is 12.3 Å². The number of esters is 1. The summed E-state index contributed by atoms with van der Waals surface area (Å²) in [5.41, 5.74) is 0.167. The second kappa shape index (κ2) is 5.60. The molecule has 1 aromatic heterocycles. The third-order valence-corrected chi connectivity index (χ3v) is 3.26. The molecular weight excluding hydrogens is 272 g/mol. The quantitative estimate of drug-likeness (QED) is 0.640. The monoisotopic (exact) mass is 290 g/mol. The molecule has 0 unspecified atom stereocenters. The Morgan fingerprint density at radius 2 is 2.00 bits per heavy atom. The molecule has 0 fully saturated rings. The summed E-state index contributed by atoms with van der Waals surface area (Å²) >= 11 is 0. The Labute approximate surface area is 122 Å². The molecule has 112 valence electrons. The van der Waals surface area contributed by atoms with E-state index in [0.717, 1.165) is 10.9 Å². The summed E-state index contributed by atoms with van der Waals surface area (Å²) < 4.78 is 15.5. The number of ether oxygens (including phenoxy) is 2. The molecule has 5 heteroatoms. The third-order valence-electron chi connectivity index (χ3n) is 3.26. The first-order valence-electron chi connectivity index (χ1n) is 6.59. The number of benzene rings is 1. The van der Waals surface area contributed by atoms with Crippen LogP contribution >= 0.6 is 0 Å². The third kappa shape index (κ3) is 3.24. The van der Waals surface area contributed by atoms with Gasteiger partial charge in [0.15, 0.2) is 0 Å². The van der Waals surface area contributed by atoms with Gasteiger partial charge >= 0.3 is 11.6 Å². The van der Waals surface area contributed by atoms with Crippen molar-refractivity contribution in [3.8, 4) is 5.75 Å². The maximum Gasteiger partial charge on any atom is 0.336 e. The average Bonchev–Trinajstić information content (AvgIpc) is 2.43. The largest absolute Gasteiger partial charge is 0.492 e. The van der Waals surface area contributed by atoms with Crippen LogP contribution in [-0.4, -0.2) is 19.7 Å². The molecule has 0 amide bonds. The number of carbonyl (C=O) groups is 1. The minimum atomic E-state index is -0.753. The van der Waals surface area contributed by atoms with Crippen LogP contribution in [0.15, 0.2) is 33.5 Å². The molecule has 1 heterocycles. The first-order valence-corrected chi connectivity index (χ1v) is 6.59. The predicted molar refractivity (Wildman–Crippen MR) is 78.5 cm³/mol. The first kappa shape index (κ1) is 15.1. The van der Waals surface area contributed by atoms with Gasteiger partial charge in [-0.3, -0.25) is 4.79 Å². The van der Waals surface area contributed by atoms with Crippen molar-refractivity contribution in [2.24, 2.45) is 5.41 Å². The Morgan fingerprint density at radius 3 is 2.67 bits per heavy atom. The van der Waals surface area contributed by atoms with Gasteiger partial charge in [-0.25, -0.2) is 4.79 Å². The number of rotatable bonds is 4. The summed E-state index contributed by atoms with van der Waals surface area (Å²) in [6.07, 6.45) is 0. The van der Waals surface area contributed by atoms with Crippen LogP contribution in [0.4, 0.5) is 0 Å². The standard InChI is InChI=1S/C16H18O5/c1-10-7-14(17)21-13-8-11(5-6-12(10)13)20-9-16(2,3)15(18)19-4/h5-8H,9H2,1-4H3. The molecule has 0 atom stereocenters. The van der Waals surface area contributed by atoms with Gasteiger partial charge in [-0.2, -0.15) is 0 Å². The van der Waals surface area contributed by atoms with Crippen molar-refractivity contribution >= 4 is 16.9 Å². The van der Waals surface area contributed by atoms with E-state index in [-0.39, 0.29) is 12.6 Å². The van der Waals surface area contributed by atoms with Crippen LogP contribution in [0.3, 0.4) is 0 Å². The predicted octanol–water partition coefficient (Wildman–Crippen LogP) is 2.68. The molecule has 0 bridgehead atoms. The molecule has 0 saturated heterocycles. The topological polar surface area (TPSA) is 65.7 Å². The molecule has 0 radical (unpaired) electrons. The summed E-state index contributed by atoms with van der Waals surface area (Å²) in [6, 6.07) is 6.71. The minimum absolute atomic E-state index is 0.168. The highest BCUT2D eigenvalue weighted by molar-refractivity contribution is 5.81. The van der Waals surface area contributed by atoms with Gasteiger partial charge in [-0.1, -0.05) is 0 Å². The van der Waals surface area contributed by atoms with E-state index in [0.29, 0.717) is 11.3 Å². The van der Waals surface area contributed by atoms with Crippen LogP contribution in [0.1, 0.15) is 19.4 Å². The van der Waals surface area contributed by atoms with Gasteiger partial charge in [-0.15, -0.1) is 0 Å². The van der Waals surface area contributed by atoms with Crippen LogP contribution < -0.4 is 10.4 Å². The molecule has 0 saturated carbocycles. The number of fused-ring (bicyclic) bond motifs is 1. The fraction of sp³-hybridized carbons (Fsp3) is 0.375. The molecule has 2 aromatic rings. The highest BCUT2D eigenvalue weighted by Crippen LogP contribution is 2.24. The van der Waals surface area contributed by atoms with Gasteiger partial charge in [0.2, 0.25) is 0 Å². The van der Waals surface area contributed by atoms with Gasteiger partial charge in [0.1, 0.15) is 17.9 Å². The molecule has 1 aromatic carbocycles. The van der Waals surface area contributed by atoms with Crippen molar-refractivity contribution in [1.82, 2.24) is 0 Å². The fourth-order valence-electron chi connectivity index (χ4n) is 1.99. The lowest BCUT2D eigenvalue weighted by Gasteiger charge is -2.21. The molecule has 2 rings (SSSR count). The number of hydrogen-bond donors (Lipinski definition) is 0. The number of methoxy groups -OCH3 is 1. The van der Waals surface area contributed by atoms with Gasteiger partial charge in [0, 0.05) is 17.5 Å². The highest BCUT2D eigenvalue weighted by atomic mass is 16.5. The van der Waals surface area contributed by atoms with E-state index >= 15 is 0 Å². The summed E-state index contributed by atoms with van der Waals surface area (Å²) in [5.74, 6) is 0.193. The summed E-state index contributed by atoms with van der Waals surface area (Å²) in [7, 11) is 1.34. The molecule has 5 nitrogen and oxygen atoms in total. The second-order valence-electron chi connectivity index (χ2n) is 5.57. The zero-order valence-corrected chi connectivity index (χ0v) is 12.6. The van der Waals surface area contributed by atoms with Crippen LogP contribution in [0.2, 0.25) is 0 Å². The molecule has 21 heavy (non-hydrogen) atoms. The van der Waals surface area contributed by atoms with Crippen molar-refractivity contribution in [3.63, 3.8) is 0 Å². The van der Waals surface area contributed by atoms with E-state index in [9.17, 15) is 9.59 Å². The number of aryl methyl sites for hydroxylation is 1. The van der Waals surface area contributed by atoms with Gasteiger partial charge in [0.25, 0.3) is 0 Å². The first-order chi connectivity index (χ1) is 9.83. The van der Waals surface area contributed by atoms with E-state index in [1.165, 1.54) is 13.2 Å². The van der Waals surface area contributed by atoms with Crippen molar-refractivity contribution in [3.05, 3.63) is 40.2 Å². The van der Waals surface area contributed by atoms with Gasteiger partial charge in [0.05, 0.1) is 12.5 Å². The van der Waals surface area contributed by atoms with E-state index in [1.807, 2.05) is 13.0 Å². The summed E-state index contributed by atoms with van der Waals surface area (Å²) in [6.45, 7) is 5.50. The maximum absolute atomic E-state index is 11.6. The zero-order chi connectivity index (χ0) is 15.6. The maximum atomic E-state index is 11.6. The minimum Gasteiger partial charge on any atom is -0.492 e. The highest BCUT2D eigenvalue weighted by Gasteiger charge is 2.29. The fourth-order valence-corrected chi connectivity index (χ4v) is 1.99. The smallest absolute Gasteiger partial charge is 0.336 e. The van der Waals surface area contributed by atoms with Crippen LogP contribution in [0.25, 0.3) is 11.0 Å². The van der Waals surface area contributed by atoms with Gasteiger partial charge < -0.3 is 13.9 Å². The van der Waals surface area contributed by atoms with Crippen molar-refractivity contribution in [1.29, 1.82) is 0 Å². The van der Waals surface area contributed by atoms with Crippen LogP contribution in [0.5, 0.6) is 5.75 Å². The van der Waals surface area contributed by atoms with E-state index < -0.39 is 11.0 Å². The SMILES string of the molecule is COC(=O)C(C)(C)COc1ccc2c(C)cc(=O)oc2c1. The molecule has 0 N–H and O–H groups in total. The van der Waals surface area contributed by atoms with Crippen molar-refractivity contribution in [2.75, 3.05) is 13.7 Å². The molecule has 0 aliphatic carbocycles. The lowest BCUT2D eigenvalue weighted by molar-refractivity contribution is -0.152. The van der Waals surface area contributed by atoms with E-state index in [4.69, 9.17) is 13.9 Å². The Morgan fingerprint density at radius 1 is 1.29 bits per heavy atom. The normalized spacial score (nSPS) is 11.4. The second-order valence-corrected chi connectivity index (χ2v) is 5.57. The summed E-state index contributed by atoms with van der Waals surface area (Å²) in [4.78, 5) is 23.0. The van der Waals surface area contributed by atoms with E-state index in [2.05, 4.69) is 0 Å². The Balaban J connectivity index is 2.24. The average molecular weight is 290 g/mol. The molecule has 0 aliphatic rings. The zero-order valence-electron chi connectivity index (χ0n) is 12.6.